The minimum Gasteiger partial charge on any atom is -0.748 e. The Hall–Kier alpha value is -0.390. The van der Waals surface area contributed by atoms with E-state index in [2.05, 4.69) is 20.6 Å². The number of allylic oxidation sites excluding steroid dienone is 1. The fourth-order valence-electron chi connectivity index (χ4n) is 1.64. The normalized spacial score (nSPS) is 18.7. The molecule has 5 heteroatoms. The highest BCUT2D eigenvalue weighted by molar-refractivity contribution is 7.85. The molecule has 0 aromatic carbocycles. The summed E-state index contributed by atoms with van der Waals surface area (Å²) in [5, 5.41) is 0. The second-order valence-electron chi connectivity index (χ2n) is 4.43. The molecule has 16 heavy (non-hydrogen) atoms. The quantitative estimate of drug-likeness (QED) is 0.429. The average molecular weight is 249 g/mol. The summed E-state index contributed by atoms with van der Waals surface area (Å²) in [4.78, 5) is 0. The van der Waals surface area contributed by atoms with Crippen LogP contribution in [-0.4, -0.2) is 49.9 Å². The van der Waals surface area contributed by atoms with Gasteiger partial charge in [-0.2, -0.15) is 0 Å². The Morgan fingerprint density at radius 1 is 1.38 bits per heavy atom. The van der Waals surface area contributed by atoms with Gasteiger partial charge in [0.25, 0.3) is 0 Å². The van der Waals surface area contributed by atoms with Gasteiger partial charge in [-0.3, -0.25) is 0 Å². The van der Waals surface area contributed by atoms with E-state index in [1.165, 1.54) is 43.0 Å². The van der Waals surface area contributed by atoms with Crippen LogP contribution in [0.4, 0.5) is 0 Å². The van der Waals surface area contributed by atoms with Crippen molar-refractivity contribution in [2.75, 3.05) is 32.4 Å². The van der Waals surface area contributed by atoms with Crippen molar-refractivity contribution >= 4 is 10.1 Å². The van der Waals surface area contributed by atoms with Gasteiger partial charge >= 0.3 is 0 Å². The Morgan fingerprint density at radius 3 is 2.06 bits per heavy atom. The molecule has 0 amide bonds. The summed E-state index contributed by atoms with van der Waals surface area (Å²) in [5.74, 6) is -0.337. The minimum atomic E-state index is -4.01. The molecule has 0 spiro atoms. The van der Waals surface area contributed by atoms with Gasteiger partial charge in [0.2, 0.25) is 0 Å². The van der Waals surface area contributed by atoms with Crippen molar-refractivity contribution in [3.05, 3.63) is 12.7 Å². The first-order valence-corrected chi connectivity index (χ1v) is 7.29. The number of rotatable bonds is 4. The van der Waals surface area contributed by atoms with Gasteiger partial charge in [-0.15, -0.1) is 6.58 Å². The second-order valence-corrected chi connectivity index (χ2v) is 5.95. The van der Waals surface area contributed by atoms with Crippen LogP contribution in [0, 0.1) is 0 Å². The lowest BCUT2D eigenvalue weighted by molar-refractivity contribution is -0.895. The zero-order valence-corrected chi connectivity index (χ0v) is 11.1. The van der Waals surface area contributed by atoms with E-state index in [4.69, 9.17) is 0 Å². The largest absolute Gasteiger partial charge is 0.748 e. The number of hydrogen-bond acceptors (Lipinski definition) is 3. The molecule has 0 aliphatic carbocycles. The first kappa shape index (κ1) is 15.6. The zero-order chi connectivity index (χ0) is 12.7. The van der Waals surface area contributed by atoms with E-state index in [1.807, 2.05) is 0 Å². The Kier molecular flexibility index (Phi) is 6.87. The van der Waals surface area contributed by atoms with Crippen LogP contribution in [0.15, 0.2) is 12.7 Å². The molecule has 4 nitrogen and oxygen atoms in total. The smallest absolute Gasteiger partial charge is 0.0948 e. The van der Waals surface area contributed by atoms with Crippen LogP contribution in [0.1, 0.15) is 26.2 Å². The molecular weight excluding hydrogens is 226 g/mol. The van der Waals surface area contributed by atoms with Gasteiger partial charge in [-0.1, -0.05) is 6.08 Å². The van der Waals surface area contributed by atoms with Crippen molar-refractivity contribution in [1.29, 1.82) is 0 Å². The van der Waals surface area contributed by atoms with Crippen molar-refractivity contribution in [1.82, 2.24) is 0 Å². The van der Waals surface area contributed by atoms with Gasteiger partial charge < -0.3 is 9.04 Å². The van der Waals surface area contributed by atoms with Crippen molar-refractivity contribution < 1.29 is 17.5 Å². The summed E-state index contributed by atoms with van der Waals surface area (Å²) in [5.41, 5.74) is 0. The lowest BCUT2D eigenvalue weighted by Crippen LogP contribution is -2.40. The van der Waals surface area contributed by atoms with E-state index >= 15 is 0 Å². The maximum absolute atomic E-state index is 9.79. The first-order valence-electron chi connectivity index (χ1n) is 5.71. The molecule has 96 valence electrons. The second kappa shape index (κ2) is 7.04. The maximum atomic E-state index is 9.79. The molecule has 1 aliphatic rings. The minimum absolute atomic E-state index is 0.242. The van der Waals surface area contributed by atoms with E-state index in [-0.39, 0.29) is 12.2 Å². The summed E-state index contributed by atoms with van der Waals surface area (Å²) in [6.07, 6.45) is 4.54. The summed E-state index contributed by atoms with van der Waals surface area (Å²) in [6.45, 7) is 9.69. The van der Waals surface area contributed by atoms with Crippen molar-refractivity contribution in [2.45, 2.75) is 26.2 Å². The molecule has 0 unspecified atom stereocenters. The third-order valence-corrected chi connectivity index (χ3v) is 3.72. The van der Waals surface area contributed by atoms with E-state index < -0.39 is 10.1 Å². The Bertz CT molecular complexity index is 292. The van der Waals surface area contributed by atoms with Crippen LogP contribution in [0.3, 0.4) is 0 Å². The maximum Gasteiger partial charge on any atom is 0.0948 e. The zero-order valence-electron chi connectivity index (χ0n) is 10.3. The van der Waals surface area contributed by atoms with Gasteiger partial charge in [-0.25, -0.2) is 8.42 Å². The number of nitrogens with zero attached hydrogens (tertiary/aromatic N) is 1. The molecule has 1 rings (SSSR count). The molecule has 0 N–H and O–H groups in total. The molecule has 0 bridgehead atoms. The molecule has 0 atom stereocenters. The van der Waals surface area contributed by atoms with Gasteiger partial charge in [0.1, 0.15) is 0 Å². The summed E-state index contributed by atoms with van der Waals surface area (Å²) in [6, 6.07) is 0. The fourth-order valence-corrected chi connectivity index (χ4v) is 2.10. The molecule has 0 aromatic heterocycles. The first-order chi connectivity index (χ1) is 7.33. The molecule has 1 heterocycles. The van der Waals surface area contributed by atoms with E-state index in [1.54, 1.807) is 0 Å². The summed E-state index contributed by atoms with van der Waals surface area (Å²) >= 11 is 0. The van der Waals surface area contributed by atoms with Crippen LogP contribution in [0.5, 0.6) is 0 Å². The molecular formula is C11H23NO3S. The lowest BCUT2D eigenvalue weighted by Gasteiger charge is -2.26. The van der Waals surface area contributed by atoms with Crippen LogP contribution in [-0.2, 0) is 10.1 Å². The Morgan fingerprint density at radius 2 is 1.88 bits per heavy atom. The molecule has 1 saturated heterocycles. The third-order valence-electron chi connectivity index (χ3n) is 2.98. The van der Waals surface area contributed by atoms with Crippen LogP contribution in [0.2, 0.25) is 0 Å². The van der Waals surface area contributed by atoms with Crippen molar-refractivity contribution in [2.24, 2.45) is 0 Å². The molecule has 0 radical (unpaired) electrons. The van der Waals surface area contributed by atoms with E-state index in [9.17, 15) is 13.0 Å². The van der Waals surface area contributed by atoms with E-state index in [0.29, 0.717) is 0 Å². The lowest BCUT2D eigenvalue weighted by atomic mass is 10.4. The molecule has 0 saturated carbocycles. The van der Waals surface area contributed by atoms with Gasteiger partial charge in [0.05, 0.1) is 36.8 Å². The SMILES string of the molecule is C=CCCS(=O)(=O)[O-].CC[N+]1(C)CCCC1. The van der Waals surface area contributed by atoms with Gasteiger partial charge in [-0.05, 0) is 13.3 Å². The molecule has 1 aliphatic heterocycles. The standard InChI is InChI=1S/C7H16N.C4H8O3S/c1-3-8(2)6-4-5-7-8;1-2-3-4-8(5,6)7/h3-7H2,1-2H3;2H,1,3-4H2,(H,5,6,7)/q+1;/p-1. The predicted molar refractivity (Wildman–Crippen MR) is 65.1 cm³/mol. The number of likely N-dealkylation sites (tertiary alicyclic amines) is 1. The number of quaternary nitrogens is 1. The highest BCUT2D eigenvalue weighted by atomic mass is 32.2. The summed E-state index contributed by atoms with van der Waals surface area (Å²) < 4.78 is 30.7. The fraction of sp³-hybridized carbons (Fsp3) is 0.818. The van der Waals surface area contributed by atoms with Crippen molar-refractivity contribution in [3.8, 4) is 0 Å². The summed E-state index contributed by atoms with van der Waals surface area (Å²) in [7, 11) is -1.65. The van der Waals surface area contributed by atoms with Crippen LogP contribution < -0.4 is 0 Å². The Balaban J connectivity index is 0.000000281. The highest BCUT2D eigenvalue weighted by Gasteiger charge is 2.23. The number of hydrogen-bond donors (Lipinski definition) is 0. The van der Waals surface area contributed by atoms with Gasteiger partial charge in [0, 0.05) is 18.6 Å². The predicted octanol–water partition coefficient (Wildman–Crippen LogP) is 1.35. The third kappa shape index (κ3) is 7.84. The van der Waals surface area contributed by atoms with E-state index in [0.717, 1.165) is 0 Å². The average Bonchev–Trinajstić information content (AvgIpc) is 2.63. The monoisotopic (exact) mass is 249 g/mol. The van der Waals surface area contributed by atoms with Crippen molar-refractivity contribution in [3.63, 3.8) is 0 Å². The topological polar surface area (TPSA) is 57.2 Å². The Labute approximate surface area is 99.3 Å². The van der Waals surface area contributed by atoms with Gasteiger partial charge in [0.15, 0.2) is 0 Å². The molecule has 0 aromatic rings. The van der Waals surface area contributed by atoms with Crippen LogP contribution >= 0.6 is 0 Å². The van der Waals surface area contributed by atoms with Crippen LogP contribution in [0.25, 0.3) is 0 Å². The highest BCUT2D eigenvalue weighted by Crippen LogP contribution is 2.14. The molecule has 1 fully saturated rings.